The summed E-state index contributed by atoms with van der Waals surface area (Å²) in [4.78, 5) is 0. The second-order valence-electron chi connectivity index (χ2n) is 4.29. The van der Waals surface area contributed by atoms with Gasteiger partial charge < -0.3 is 16.0 Å². The van der Waals surface area contributed by atoms with Gasteiger partial charge in [0.2, 0.25) is 0 Å². The highest BCUT2D eigenvalue weighted by Crippen LogP contribution is 2.11. The maximum atomic E-state index is 3.42. The van der Waals surface area contributed by atoms with Crippen molar-refractivity contribution in [3.8, 4) is 0 Å². The number of nitrogens with one attached hydrogen (secondary N) is 3. The SMILES string of the molecule is CCNCCC(CCNCC)CCNCC. The lowest BCUT2D eigenvalue weighted by Crippen LogP contribution is -2.24. The van der Waals surface area contributed by atoms with Gasteiger partial charge in [0.25, 0.3) is 0 Å². The third-order valence-electron chi connectivity index (χ3n) is 2.94. The highest BCUT2D eigenvalue weighted by molar-refractivity contribution is 4.64. The molecular formula is C13H31N3. The summed E-state index contributed by atoms with van der Waals surface area (Å²) in [5.74, 6) is 0.858. The number of rotatable bonds is 12. The molecule has 0 saturated heterocycles. The second kappa shape index (κ2) is 12.9. The highest BCUT2D eigenvalue weighted by Gasteiger charge is 2.07. The zero-order valence-electron chi connectivity index (χ0n) is 11.4. The van der Waals surface area contributed by atoms with Crippen LogP contribution in [-0.4, -0.2) is 39.3 Å². The van der Waals surface area contributed by atoms with E-state index in [-0.39, 0.29) is 0 Å². The fourth-order valence-corrected chi connectivity index (χ4v) is 1.88. The van der Waals surface area contributed by atoms with Crippen LogP contribution in [0.15, 0.2) is 0 Å². The quantitative estimate of drug-likeness (QED) is 0.445. The van der Waals surface area contributed by atoms with E-state index in [1.165, 1.54) is 38.9 Å². The summed E-state index contributed by atoms with van der Waals surface area (Å²) in [5.41, 5.74) is 0. The van der Waals surface area contributed by atoms with E-state index in [2.05, 4.69) is 36.7 Å². The zero-order chi connectivity index (χ0) is 12.1. The standard InChI is InChI=1S/C13H31N3/c1-4-14-10-7-13(8-11-15-5-2)9-12-16-6-3/h13-16H,4-12H2,1-3H3. The first-order valence-corrected chi connectivity index (χ1v) is 6.97. The molecule has 0 fully saturated rings. The number of hydrogen-bond acceptors (Lipinski definition) is 3. The average Bonchev–Trinajstić information content (AvgIpc) is 2.29. The van der Waals surface area contributed by atoms with Crippen LogP contribution in [0.3, 0.4) is 0 Å². The molecule has 16 heavy (non-hydrogen) atoms. The van der Waals surface area contributed by atoms with Gasteiger partial charge in [-0.1, -0.05) is 20.8 Å². The molecule has 0 amide bonds. The molecule has 0 rings (SSSR count). The molecule has 0 aliphatic carbocycles. The van der Waals surface area contributed by atoms with Crippen molar-refractivity contribution >= 4 is 0 Å². The van der Waals surface area contributed by atoms with E-state index in [1.807, 2.05) is 0 Å². The third kappa shape index (κ3) is 10.4. The molecule has 98 valence electrons. The first kappa shape index (κ1) is 15.9. The molecule has 0 atom stereocenters. The zero-order valence-corrected chi connectivity index (χ0v) is 11.4. The van der Waals surface area contributed by atoms with E-state index >= 15 is 0 Å². The predicted octanol–water partition coefficient (Wildman–Crippen LogP) is 1.60. The second-order valence-corrected chi connectivity index (χ2v) is 4.29. The van der Waals surface area contributed by atoms with Crippen molar-refractivity contribution in [3.05, 3.63) is 0 Å². The molecule has 3 N–H and O–H groups in total. The van der Waals surface area contributed by atoms with Gasteiger partial charge in [0.1, 0.15) is 0 Å². The van der Waals surface area contributed by atoms with Gasteiger partial charge in [0.15, 0.2) is 0 Å². The molecule has 0 aliphatic rings. The minimum absolute atomic E-state index is 0.858. The Kier molecular flexibility index (Phi) is 12.9. The van der Waals surface area contributed by atoms with E-state index in [9.17, 15) is 0 Å². The smallest absolute Gasteiger partial charge is 0.00464 e. The summed E-state index contributed by atoms with van der Waals surface area (Å²) < 4.78 is 0. The molecule has 0 bridgehead atoms. The lowest BCUT2D eigenvalue weighted by Gasteiger charge is -2.17. The monoisotopic (exact) mass is 229 g/mol. The highest BCUT2D eigenvalue weighted by atomic mass is 14.9. The van der Waals surface area contributed by atoms with Gasteiger partial charge in [-0.05, 0) is 64.4 Å². The van der Waals surface area contributed by atoms with Crippen molar-refractivity contribution in [1.29, 1.82) is 0 Å². The fraction of sp³-hybridized carbons (Fsp3) is 1.00. The molecule has 0 aromatic carbocycles. The maximum Gasteiger partial charge on any atom is -0.00464 e. The van der Waals surface area contributed by atoms with Crippen LogP contribution in [0, 0.1) is 5.92 Å². The maximum absolute atomic E-state index is 3.42. The Morgan fingerprint density at radius 3 is 1.19 bits per heavy atom. The third-order valence-corrected chi connectivity index (χ3v) is 2.94. The molecule has 3 nitrogen and oxygen atoms in total. The van der Waals surface area contributed by atoms with E-state index in [0.717, 1.165) is 25.6 Å². The van der Waals surface area contributed by atoms with E-state index < -0.39 is 0 Å². The molecule has 0 unspecified atom stereocenters. The topological polar surface area (TPSA) is 36.1 Å². The van der Waals surface area contributed by atoms with Crippen LogP contribution in [0.2, 0.25) is 0 Å². The summed E-state index contributed by atoms with van der Waals surface area (Å²) >= 11 is 0. The number of hydrogen-bond donors (Lipinski definition) is 3. The molecule has 0 aliphatic heterocycles. The Labute approximate surface area is 102 Å². The molecule has 3 heteroatoms. The van der Waals surface area contributed by atoms with Crippen molar-refractivity contribution in [3.63, 3.8) is 0 Å². The van der Waals surface area contributed by atoms with Crippen LogP contribution in [0.25, 0.3) is 0 Å². The Hall–Kier alpha value is -0.120. The predicted molar refractivity (Wildman–Crippen MR) is 73.0 cm³/mol. The molecule has 0 heterocycles. The minimum Gasteiger partial charge on any atom is -0.317 e. The van der Waals surface area contributed by atoms with Crippen LogP contribution in [-0.2, 0) is 0 Å². The van der Waals surface area contributed by atoms with Crippen LogP contribution < -0.4 is 16.0 Å². The lowest BCUT2D eigenvalue weighted by atomic mass is 9.97. The van der Waals surface area contributed by atoms with E-state index in [0.29, 0.717) is 0 Å². The van der Waals surface area contributed by atoms with Gasteiger partial charge in [-0.15, -0.1) is 0 Å². The Morgan fingerprint density at radius 1 is 0.625 bits per heavy atom. The van der Waals surface area contributed by atoms with Crippen molar-refractivity contribution in [2.24, 2.45) is 5.92 Å². The summed E-state index contributed by atoms with van der Waals surface area (Å²) in [7, 11) is 0. The van der Waals surface area contributed by atoms with Crippen molar-refractivity contribution < 1.29 is 0 Å². The Morgan fingerprint density at radius 2 is 0.938 bits per heavy atom. The summed E-state index contributed by atoms with van der Waals surface area (Å²) in [6.45, 7) is 13.3. The first-order chi connectivity index (χ1) is 7.85. The Bertz CT molecular complexity index is 105. The van der Waals surface area contributed by atoms with E-state index in [4.69, 9.17) is 0 Å². The molecule has 0 saturated carbocycles. The lowest BCUT2D eigenvalue weighted by molar-refractivity contribution is 0.394. The van der Waals surface area contributed by atoms with Crippen molar-refractivity contribution in [1.82, 2.24) is 16.0 Å². The van der Waals surface area contributed by atoms with Crippen LogP contribution in [0.4, 0.5) is 0 Å². The van der Waals surface area contributed by atoms with Crippen LogP contribution in [0.5, 0.6) is 0 Å². The Balaban J connectivity index is 3.58. The first-order valence-electron chi connectivity index (χ1n) is 6.97. The van der Waals surface area contributed by atoms with Crippen molar-refractivity contribution in [2.45, 2.75) is 40.0 Å². The average molecular weight is 229 g/mol. The molecular weight excluding hydrogens is 198 g/mol. The fourth-order valence-electron chi connectivity index (χ4n) is 1.88. The molecule has 0 spiro atoms. The van der Waals surface area contributed by atoms with Gasteiger partial charge in [0, 0.05) is 0 Å². The van der Waals surface area contributed by atoms with Gasteiger partial charge in [-0.2, -0.15) is 0 Å². The normalized spacial score (nSPS) is 11.2. The van der Waals surface area contributed by atoms with E-state index in [1.54, 1.807) is 0 Å². The largest absolute Gasteiger partial charge is 0.317 e. The van der Waals surface area contributed by atoms with Gasteiger partial charge >= 0.3 is 0 Å². The molecule has 0 aromatic rings. The summed E-state index contributed by atoms with van der Waals surface area (Å²) in [6, 6.07) is 0. The summed E-state index contributed by atoms with van der Waals surface area (Å²) in [6.07, 6.45) is 3.93. The van der Waals surface area contributed by atoms with Gasteiger partial charge in [0.05, 0.1) is 0 Å². The van der Waals surface area contributed by atoms with Crippen molar-refractivity contribution in [2.75, 3.05) is 39.3 Å². The van der Waals surface area contributed by atoms with Gasteiger partial charge in [-0.3, -0.25) is 0 Å². The van der Waals surface area contributed by atoms with Gasteiger partial charge in [-0.25, -0.2) is 0 Å². The molecule has 0 aromatic heterocycles. The van der Waals surface area contributed by atoms with Crippen LogP contribution in [0.1, 0.15) is 40.0 Å². The molecule has 0 radical (unpaired) electrons. The summed E-state index contributed by atoms with van der Waals surface area (Å²) in [5, 5.41) is 10.3. The minimum atomic E-state index is 0.858. The van der Waals surface area contributed by atoms with Crippen LogP contribution >= 0.6 is 0 Å².